The SMILES string of the molecule is O=C([O-])CCN1C(=O)/C(=C\c2ccc(F)c(F)c2)c2ccccc2C1=O. The first-order chi connectivity index (χ1) is 12.4. The molecule has 2 aromatic carbocycles. The summed E-state index contributed by atoms with van der Waals surface area (Å²) in [4.78, 5) is 36.7. The molecule has 0 atom stereocenters. The molecule has 5 nitrogen and oxygen atoms in total. The highest BCUT2D eigenvalue weighted by Gasteiger charge is 2.34. The number of rotatable bonds is 4. The monoisotopic (exact) mass is 356 g/mol. The smallest absolute Gasteiger partial charge is 0.261 e. The summed E-state index contributed by atoms with van der Waals surface area (Å²) >= 11 is 0. The quantitative estimate of drug-likeness (QED) is 0.616. The highest BCUT2D eigenvalue weighted by molar-refractivity contribution is 6.33. The fourth-order valence-electron chi connectivity index (χ4n) is 2.72. The number of carboxylic acid groups (broad SMARTS) is 1. The zero-order valence-electron chi connectivity index (χ0n) is 13.4. The molecule has 1 aliphatic rings. The molecule has 26 heavy (non-hydrogen) atoms. The van der Waals surface area contributed by atoms with Gasteiger partial charge in [-0.2, -0.15) is 0 Å². The number of imide groups is 1. The van der Waals surface area contributed by atoms with E-state index in [9.17, 15) is 28.3 Å². The van der Waals surface area contributed by atoms with Crippen LogP contribution in [0.3, 0.4) is 0 Å². The predicted molar refractivity (Wildman–Crippen MR) is 86.3 cm³/mol. The molecule has 0 radical (unpaired) electrons. The summed E-state index contributed by atoms with van der Waals surface area (Å²) in [5, 5.41) is 10.7. The second-order valence-electron chi connectivity index (χ2n) is 5.66. The lowest BCUT2D eigenvalue weighted by Gasteiger charge is -2.28. The Labute approximate surface area is 147 Å². The number of halogens is 2. The zero-order chi connectivity index (χ0) is 18.8. The Bertz CT molecular complexity index is 952. The van der Waals surface area contributed by atoms with E-state index in [4.69, 9.17) is 0 Å². The third kappa shape index (κ3) is 3.23. The normalized spacial score (nSPS) is 15.3. The van der Waals surface area contributed by atoms with Gasteiger partial charge in [-0.15, -0.1) is 0 Å². The van der Waals surface area contributed by atoms with Crippen LogP contribution in [0.15, 0.2) is 42.5 Å². The van der Waals surface area contributed by atoms with E-state index in [1.807, 2.05) is 0 Å². The van der Waals surface area contributed by atoms with Crippen LogP contribution in [0.5, 0.6) is 0 Å². The van der Waals surface area contributed by atoms with Gasteiger partial charge in [-0.3, -0.25) is 14.5 Å². The maximum atomic E-state index is 13.4. The lowest BCUT2D eigenvalue weighted by molar-refractivity contribution is -0.305. The van der Waals surface area contributed by atoms with Gasteiger partial charge in [0.05, 0.1) is 0 Å². The van der Waals surface area contributed by atoms with E-state index in [1.165, 1.54) is 18.2 Å². The predicted octanol–water partition coefficient (Wildman–Crippen LogP) is 1.63. The van der Waals surface area contributed by atoms with Crippen molar-refractivity contribution < 1.29 is 28.3 Å². The Morgan fingerprint density at radius 3 is 2.35 bits per heavy atom. The average molecular weight is 356 g/mol. The summed E-state index contributed by atoms with van der Waals surface area (Å²) in [6.45, 7) is -0.344. The molecular formula is C19H12F2NO4-. The molecule has 2 aromatic rings. The number of hydrogen-bond acceptors (Lipinski definition) is 4. The van der Waals surface area contributed by atoms with Crippen LogP contribution in [0.4, 0.5) is 8.78 Å². The van der Waals surface area contributed by atoms with E-state index < -0.39 is 35.8 Å². The van der Waals surface area contributed by atoms with Crippen LogP contribution in [0.25, 0.3) is 11.6 Å². The van der Waals surface area contributed by atoms with E-state index in [-0.39, 0.29) is 23.2 Å². The van der Waals surface area contributed by atoms with Crippen molar-refractivity contribution in [3.05, 3.63) is 70.8 Å². The molecule has 3 rings (SSSR count). The maximum absolute atomic E-state index is 13.4. The van der Waals surface area contributed by atoms with Crippen LogP contribution >= 0.6 is 0 Å². The number of aliphatic carboxylic acids is 1. The van der Waals surface area contributed by atoms with E-state index in [0.717, 1.165) is 17.0 Å². The van der Waals surface area contributed by atoms with Crippen LogP contribution in [0.1, 0.15) is 27.9 Å². The lowest BCUT2D eigenvalue weighted by atomic mass is 9.92. The van der Waals surface area contributed by atoms with Crippen molar-refractivity contribution in [2.24, 2.45) is 0 Å². The van der Waals surface area contributed by atoms with Gasteiger partial charge < -0.3 is 9.90 Å². The second-order valence-corrected chi connectivity index (χ2v) is 5.66. The topological polar surface area (TPSA) is 77.5 Å². The van der Waals surface area contributed by atoms with Gasteiger partial charge in [0.25, 0.3) is 11.8 Å². The Hall–Kier alpha value is -3.35. The Balaban J connectivity index is 2.09. The molecule has 1 aliphatic heterocycles. The Morgan fingerprint density at radius 2 is 1.69 bits per heavy atom. The van der Waals surface area contributed by atoms with Gasteiger partial charge in [0.1, 0.15) is 0 Å². The van der Waals surface area contributed by atoms with Crippen LogP contribution in [0, 0.1) is 11.6 Å². The Morgan fingerprint density at radius 1 is 1.00 bits per heavy atom. The number of hydrogen-bond donors (Lipinski definition) is 0. The fraction of sp³-hybridized carbons (Fsp3) is 0.105. The minimum absolute atomic E-state index is 0.0876. The van der Waals surface area contributed by atoms with Crippen molar-refractivity contribution in [1.82, 2.24) is 4.90 Å². The summed E-state index contributed by atoms with van der Waals surface area (Å²) < 4.78 is 26.6. The van der Waals surface area contributed by atoms with Gasteiger partial charge in [-0.1, -0.05) is 24.3 Å². The zero-order valence-corrected chi connectivity index (χ0v) is 13.4. The molecule has 0 fully saturated rings. The number of benzene rings is 2. The first-order valence-corrected chi connectivity index (χ1v) is 7.70. The van der Waals surface area contributed by atoms with Gasteiger partial charge in [-0.25, -0.2) is 8.78 Å². The Kier molecular flexibility index (Phi) is 4.62. The van der Waals surface area contributed by atoms with Crippen molar-refractivity contribution in [1.29, 1.82) is 0 Å². The molecule has 0 aromatic heterocycles. The fourth-order valence-corrected chi connectivity index (χ4v) is 2.72. The molecule has 0 aliphatic carbocycles. The number of carboxylic acids is 1. The van der Waals surface area contributed by atoms with Crippen molar-refractivity contribution in [3.63, 3.8) is 0 Å². The summed E-state index contributed by atoms with van der Waals surface area (Å²) in [7, 11) is 0. The molecular weight excluding hydrogens is 344 g/mol. The molecule has 2 amide bonds. The molecule has 0 saturated carbocycles. The summed E-state index contributed by atoms with van der Waals surface area (Å²) in [6.07, 6.45) is 0.834. The second kappa shape index (κ2) is 6.87. The van der Waals surface area contributed by atoms with Gasteiger partial charge in [0, 0.05) is 30.1 Å². The van der Waals surface area contributed by atoms with Gasteiger partial charge in [-0.05, 0) is 35.4 Å². The molecule has 0 bridgehead atoms. The number of amides is 2. The molecule has 0 unspecified atom stereocenters. The summed E-state index contributed by atoms with van der Waals surface area (Å²) in [6, 6.07) is 9.47. The third-order valence-electron chi connectivity index (χ3n) is 3.96. The van der Waals surface area contributed by atoms with Crippen LogP contribution in [-0.4, -0.2) is 29.2 Å². The summed E-state index contributed by atoms with van der Waals surface area (Å²) in [5.41, 5.74) is 0.886. The van der Waals surface area contributed by atoms with E-state index in [2.05, 4.69) is 0 Å². The van der Waals surface area contributed by atoms with E-state index >= 15 is 0 Å². The van der Waals surface area contributed by atoms with E-state index in [0.29, 0.717) is 5.56 Å². The third-order valence-corrected chi connectivity index (χ3v) is 3.96. The standard InChI is InChI=1S/C19H13F2NO4/c20-15-6-5-11(10-16(15)21)9-14-12-3-1-2-4-13(12)18(25)22(19(14)26)8-7-17(23)24/h1-6,9-10H,7-8H2,(H,23,24)/p-1/b14-9-. The largest absolute Gasteiger partial charge is 0.550 e. The van der Waals surface area contributed by atoms with Crippen molar-refractivity contribution >= 4 is 29.4 Å². The average Bonchev–Trinajstić information content (AvgIpc) is 2.61. The molecule has 7 heteroatoms. The van der Waals surface area contributed by atoms with Gasteiger partial charge >= 0.3 is 0 Å². The molecule has 0 N–H and O–H groups in total. The number of fused-ring (bicyclic) bond motifs is 1. The number of carbonyl (C=O) groups is 3. The molecule has 0 saturated heterocycles. The summed E-state index contributed by atoms with van der Waals surface area (Å²) in [5.74, 6) is -4.81. The maximum Gasteiger partial charge on any atom is 0.261 e. The van der Waals surface area contributed by atoms with Crippen molar-refractivity contribution in [3.8, 4) is 0 Å². The molecule has 1 heterocycles. The highest BCUT2D eigenvalue weighted by atomic mass is 19.2. The first-order valence-electron chi connectivity index (χ1n) is 7.70. The first kappa shape index (κ1) is 17.5. The minimum atomic E-state index is -1.39. The van der Waals surface area contributed by atoms with Gasteiger partial charge in [0.15, 0.2) is 11.6 Å². The van der Waals surface area contributed by atoms with Crippen LogP contribution in [0.2, 0.25) is 0 Å². The highest BCUT2D eigenvalue weighted by Crippen LogP contribution is 2.30. The number of carbonyl (C=O) groups excluding carboxylic acids is 3. The molecule has 0 spiro atoms. The van der Waals surface area contributed by atoms with Crippen molar-refractivity contribution in [2.75, 3.05) is 6.54 Å². The lowest BCUT2D eigenvalue weighted by Crippen LogP contribution is -2.43. The van der Waals surface area contributed by atoms with Crippen LogP contribution in [-0.2, 0) is 9.59 Å². The van der Waals surface area contributed by atoms with Crippen LogP contribution < -0.4 is 5.11 Å². The van der Waals surface area contributed by atoms with E-state index in [1.54, 1.807) is 18.2 Å². The minimum Gasteiger partial charge on any atom is -0.550 e. The number of nitrogens with zero attached hydrogens (tertiary/aromatic N) is 1. The van der Waals surface area contributed by atoms with Crippen molar-refractivity contribution in [2.45, 2.75) is 6.42 Å². The van der Waals surface area contributed by atoms with Gasteiger partial charge in [0.2, 0.25) is 0 Å². The molecule has 132 valence electrons.